The predicted octanol–water partition coefficient (Wildman–Crippen LogP) is 3.07. The third kappa shape index (κ3) is 3.87. The number of amides is 2. The van der Waals surface area contributed by atoms with Gasteiger partial charge in [-0.2, -0.15) is 0 Å². The average Bonchev–Trinajstić information content (AvgIpc) is 3.70. The van der Waals surface area contributed by atoms with Crippen molar-refractivity contribution in [1.82, 2.24) is 4.90 Å². The molecular weight excluding hydrogens is 474 g/mol. The molecule has 1 heterocycles. The second-order valence-corrected chi connectivity index (χ2v) is 10.2. The van der Waals surface area contributed by atoms with Crippen molar-refractivity contribution in [3.8, 4) is 5.75 Å². The highest BCUT2D eigenvalue weighted by molar-refractivity contribution is 6.09. The average molecular weight is 500 g/mol. The van der Waals surface area contributed by atoms with E-state index in [-0.39, 0.29) is 35.0 Å². The Labute approximate surface area is 213 Å². The number of ether oxygens (including phenoxy) is 2. The first kappa shape index (κ1) is 23.3. The van der Waals surface area contributed by atoms with Crippen LogP contribution in [0.15, 0.2) is 66.7 Å². The molecule has 1 aliphatic heterocycles. The number of esters is 2. The van der Waals surface area contributed by atoms with Crippen LogP contribution in [0.4, 0.5) is 0 Å². The fraction of sp³-hybridized carbons (Fsp3) is 0.345. The number of Topliss-reactive ketones (excluding diaryl/α,β-unsaturated/α-hetero) is 1. The highest BCUT2D eigenvalue weighted by Crippen LogP contribution is 2.65. The van der Waals surface area contributed by atoms with Gasteiger partial charge in [0.2, 0.25) is 11.8 Å². The first-order valence-corrected chi connectivity index (χ1v) is 12.5. The lowest BCUT2D eigenvalue weighted by Gasteiger charge is -2.37. The summed E-state index contributed by atoms with van der Waals surface area (Å²) in [7, 11) is 0. The van der Waals surface area contributed by atoms with Crippen molar-refractivity contribution in [1.29, 1.82) is 0 Å². The molecular formula is C29H25NO7. The van der Waals surface area contributed by atoms with Crippen LogP contribution in [0.1, 0.15) is 34.1 Å². The van der Waals surface area contributed by atoms with E-state index < -0.39 is 42.2 Å². The Kier molecular flexibility index (Phi) is 5.55. The van der Waals surface area contributed by atoms with Crippen LogP contribution in [0.2, 0.25) is 0 Å². The van der Waals surface area contributed by atoms with Crippen molar-refractivity contribution in [3.05, 3.63) is 77.9 Å². The van der Waals surface area contributed by atoms with Gasteiger partial charge in [0.25, 0.3) is 0 Å². The Morgan fingerprint density at radius 3 is 2.05 bits per heavy atom. The molecule has 5 aliphatic rings. The molecule has 4 aliphatic carbocycles. The largest absolute Gasteiger partial charge is 0.456 e. The van der Waals surface area contributed by atoms with Crippen molar-refractivity contribution < 1.29 is 33.4 Å². The van der Waals surface area contributed by atoms with E-state index >= 15 is 0 Å². The van der Waals surface area contributed by atoms with Gasteiger partial charge in [0.1, 0.15) is 11.8 Å². The van der Waals surface area contributed by atoms with E-state index in [9.17, 15) is 24.0 Å². The van der Waals surface area contributed by atoms with Gasteiger partial charge in [0, 0.05) is 5.56 Å². The van der Waals surface area contributed by atoms with E-state index in [2.05, 4.69) is 12.2 Å². The fourth-order valence-electron chi connectivity index (χ4n) is 6.26. The Balaban J connectivity index is 1.05. The highest BCUT2D eigenvalue weighted by Gasteiger charge is 2.67. The zero-order chi connectivity index (χ0) is 25.8. The van der Waals surface area contributed by atoms with Crippen LogP contribution in [-0.2, 0) is 19.1 Å². The molecule has 188 valence electrons. The van der Waals surface area contributed by atoms with Gasteiger partial charge in [-0.1, -0.05) is 30.4 Å². The summed E-state index contributed by atoms with van der Waals surface area (Å²) < 4.78 is 10.5. The smallest absolute Gasteiger partial charge is 0.343 e. The summed E-state index contributed by atoms with van der Waals surface area (Å²) >= 11 is 0. The quantitative estimate of drug-likeness (QED) is 0.189. The Morgan fingerprint density at radius 2 is 1.46 bits per heavy atom. The Morgan fingerprint density at radius 1 is 0.865 bits per heavy atom. The van der Waals surface area contributed by atoms with Gasteiger partial charge in [0.15, 0.2) is 12.4 Å². The van der Waals surface area contributed by atoms with Gasteiger partial charge in [-0.25, -0.2) is 9.59 Å². The Bertz CT molecular complexity index is 1300. The minimum atomic E-state index is -1.10. The number of hydrogen-bond donors (Lipinski definition) is 0. The topological polar surface area (TPSA) is 107 Å². The van der Waals surface area contributed by atoms with Crippen molar-refractivity contribution in [2.24, 2.45) is 35.5 Å². The molecule has 0 radical (unpaired) electrons. The number of allylic oxidation sites excluding steroid dienone is 2. The summed E-state index contributed by atoms with van der Waals surface area (Å²) in [4.78, 5) is 64.9. The SMILES string of the molecule is CC(C(=O)OCC(=O)c1ccc(OC(=O)c2ccccc2)cc1)N1C(=O)C2C3C=CC(C4CC34)C2C1=O. The minimum Gasteiger partial charge on any atom is -0.456 e. The van der Waals surface area contributed by atoms with Crippen LogP contribution in [0.25, 0.3) is 0 Å². The van der Waals surface area contributed by atoms with Crippen molar-refractivity contribution >= 4 is 29.5 Å². The number of ketones is 1. The third-order valence-electron chi connectivity index (χ3n) is 8.17. The van der Waals surface area contributed by atoms with Gasteiger partial charge in [-0.3, -0.25) is 19.3 Å². The monoisotopic (exact) mass is 499 g/mol. The molecule has 8 nitrogen and oxygen atoms in total. The van der Waals surface area contributed by atoms with Crippen LogP contribution in [0, 0.1) is 35.5 Å². The van der Waals surface area contributed by atoms with E-state index in [1.165, 1.54) is 31.2 Å². The molecule has 7 atom stereocenters. The molecule has 37 heavy (non-hydrogen) atoms. The zero-order valence-electron chi connectivity index (χ0n) is 20.1. The molecule has 2 aromatic carbocycles. The van der Waals surface area contributed by atoms with Gasteiger partial charge in [-0.05, 0) is 73.4 Å². The molecule has 0 aromatic heterocycles. The molecule has 0 spiro atoms. The molecule has 8 heteroatoms. The van der Waals surface area contributed by atoms with E-state index in [0.29, 0.717) is 17.4 Å². The summed E-state index contributed by atoms with van der Waals surface area (Å²) in [6, 6.07) is 13.3. The maximum Gasteiger partial charge on any atom is 0.343 e. The summed E-state index contributed by atoms with van der Waals surface area (Å²) in [5, 5.41) is 0. The number of rotatable bonds is 7. The molecule has 2 aromatic rings. The summed E-state index contributed by atoms with van der Waals surface area (Å²) in [5.74, 6) is -1.82. The van der Waals surface area contributed by atoms with Gasteiger partial charge >= 0.3 is 11.9 Å². The standard InChI is InChI=1S/C29H25NO7/c1-15(30-26(32)24-19-11-12-20(22-13-21(19)22)25(24)27(30)33)28(34)36-14-23(31)16-7-9-18(10-8-16)37-29(35)17-5-3-2-4-6-17/h2-12,15,19-22,24-25H,13-14H2,1H3. The molecule has 2 bridgehead atoms. The van der Waals surface area contributed by atoms with Crippen LogP contribution < -0.4 is 4.74 Å². The summed E-state index contributed by atoms with van der Waals surface area (Å²) in [5.41, 5.74) is 0.666. The van der Waals surface area contributed by atoms with Crippen molar-refractivity contribution in [2.75, 3.05) is 6.61 Å². The molecule has 7 unspecified atom stereocenters. The van der Waals surface area contributed by atoms with E-state index in [0.717, 1.165) is 11.3 Å². The van der Waals surface area contributed by atoms with E-state index in [4.69, 9.17) is 9.47 Å². The second kappa shape index (κ2) is 8.80. The minimum absolute atomic E-state index is 0.0705. The normalized spacial score (nSPS) is 29.4. The number of nitrogens with zero attached hydrogens (tertiary/aromatic N) is 1. The number of likely N-dealkylation sites (tertiary alicyclic amines) is 1. The fourth-order valence-corrected chi connectivity index (χ4v) is 6.26. The summed E-state index contributed by atoms with van der Waals surface area (Å²) in [6.07, 6.45) is 5.21. The number of carbonyl (C=O) groups excluding carboxylic acids is 5. The first-order chi connectivity index (χ1) is 17.8. The zero-order valence-corrected chi connectivity index (χ0v) is 20.1. The van der Waals surface area contributed by atoms with Gasteiger partial charge < -0.3 is 9.47 Å². The summed E-state index contributed by atoms with van der Waals surface area (Å²) in [6.45, 7) is 0.929. The van der Waals surface area contributed by atoms with E-state index in [1.54, 1.807) is 30.3 Å². The van der Waals surface area contributed by atoms with Crippen LogP contribution >= 0.6 is 0 Å². The number of benzene rings is 2. The molecule has 7 rings (SSSR count). The lowest BCUT2D eigenvalue weighted by molar-refractivity contribution is -0.157. The molecule has 1 saturated heterocycles. The number of hydrogen-bond acceptors (Lipinski definition) is 7. The molecule has 0 N–H and O–H groups in total. The maximum atomic E-state index is 13.2. The van der Waals surface area contributed by atoms with Crippen LogP contribution in [-0.4, -0.2) is 47.1 Å². The highest BCUT2D eigenvalue weighted by atomic mass is 16.5. The van der Waals surface area contributed by atoms with E-state index in [1.807, 2.05) is 0 Å². The number of carbonyl (C=O) groups is 5. The first-order valence-electron chi connectivity index (χ1n) is 12.5. The van der Waals surface area contributed by atoms with Crippen molar-refractivity contribution in [2.45, 2.75) is 19.4 Å². The van der Waals surface area contributed by atoms with Crippen LogP contribution in [0.5, 0.6) is 5.75 Å². The second-order valence-electron chi connectivity index (χ2n) is 10.2. The molecule has 2 saturated carbocycles. The lowest BCUT2D eigenvalue weighted by Crippen LogP contribution is -2.45. The van der Waals surface area contributed by atoms with Gasteiger partial charge in [0.05, 0.1) is 17.4 Å². The Hall–Kier alpha value is -4.07. The third-order valence-corrected chi connectivity index (χ3v) is 8.17. The maximum absolute atomic E-state index is 13.2. The molecule has 3 fully saturated rings. The van der Waals surface area contributed by atoms with Gasteiger partial charge in [-0.15, -0.1) is 0 Å². The number of imide groups is 1. The van der Waals surface area contributed by atoms with Crippen molar-refractivity contribution in [3.63, 3.8) is 0 Å². The lowest BCUT2D eigenvalue weighted by atomic mass is 9.63. The molecule has 2 amide bonds. The van der Waals surface area contributed by atoms with Crippen LogP contribution in [0.3, 0.4) is 0 Å². The predicted molar refractivity (Wildman–Crippen MR) is 129 cm³/mol.